The van der Waals surface area contributed by atoms with Gasteiger partial charge in [0.15, 0.2) is 5.82 Å². The molecular weight excluding hydrogens is 656 g/mol. The number of benzene rings is 2. The first-order valence-corrected chi connectivity index (χ1v) is 16.3. The van der Waals surface area contributed by atoms with Gasteiger partial charge in [0.05, 0.1) is 28.0 Å². The number of imidazole rings is 1. The first-order valence-electron chi connectivity index (χ1n) is 14.7. The maximum absolute atomic E-state index is 13.6. The van der Waals surface area contributed by atoms with Crippen LogP contribution in [-0.4, -0.2) is 40.2 Å². The van der Waals surface area contributed by atoms with Crippen molar-refractivity contribution in [3.63, 3.8) is 0 Å². The first kappa shape index (κ1) is 32.4. The molecule has 0 saturated heterocycles. The van der Waals surface area contributed by atoms with E-state index in [1.807, 2.05) is 35.0 Å². The van der Waals surface area contributed by atoms with Crippen molar-refractivity contribution in [3.05, 3.63) is 124 Å². The molecule has 0 bridgehead atoms. The van der Waals surface area contributed by atoms with Crippen molar-refractivity contribution >= 4 is 46.3 Å². The number of ether oxygens (including phenoxy) is 1. The molecular formula is C36H28Cl2FN5O2S. The average molecular weight is 685 g/mol. The normalized spacial score (nSPS) is 14.1. The van der Waals surface area contributed by atoms with Gasteiger partial charge in [-0.15, -0.1) is 11.3 Å². The first-order chi connectivity index (χ1) is 22.7. The number of anilines is 1. The zero-order valence-corrected chi connectivity index (χ0v) is 27.8. The molecule has 1 amide bonds. The summed E-state index contributed by atoms with van der Waals surface area (Å²) in [4.78, 5) is 25.1. The molecule has 7 nitrogen and oxygen atoms in total. The number of methoxy groups -OCH3 is 1. The summed E-state index contributed by atoms with van der Waals surface area (Å²) in [6, 6.07) is 17.5. The predicted molar refractivity (Wildman–Crippen MR) is 185 cm³/mol. The summed E-state index contributed by atoms with van der Waals surface area (Å²) >= 11 is 14.4. The quantitative estimate of drug-likeness (QED) is 0.155. The molecule has 47 heavy (non-hydrogen) atoms. The van der Waals surface area contributed by atoms with Crippen LogP contribution in [0.25, 0.3) is 32.3 Å². The van der Waals surface area contributed by atoms with Gasteiger partial charge in [0, 0.05) is 60.3 Å². The fourth-order valence-electron chi connectivity index (χ4n) is 5.46. The highest BCUT2D eigenvalue weighted by molar-refractivity contribution is 7.19. The third-order valence-corrected chi connectivity index (χ3v) is 9.63. The summed E-state index contributed by atoms with van der Waals surface area (Å²) in [6.45, 7) is 2.28. The molecule has 3 aromatic heterocycles. The molecule has 0 aliphatic heterocycles. The summed E-state index contributed by atoms with van der Waals surface area (Å²) in [6.07, 6.45) is 11.9. The summed E-state index contributed by atoms with van der Waals surface area (Å²) < 4.78 is 21.0. The lowest BCUT2D eigenvalue weighted by molar-refractivity contribution is -0.116. The minimum Gasteiger partial charge on any atom is -0.377 e. The van der Waals surface area contributed by atoms with Crippen LogP contribution >= 0.6 is 34.5 Å². The number of pyridine rings is 1. The van der Waals surface area contributed by atoms with Gasteiger partial charge in [0.1, 0.15) is 17.7 Å². The van der Waals surface area contributed by atoms with Crippen LogP contribution < -0.4 is 4.90 Å². The molecule has 1 atom stereocenters. The number of carbonyl (C=O) groups is 1. The van der Waals surface area contributed by atoms with Crippen LogP contribution in [0, 0.1) is 17.1 Å². The molecule has 0 saturated carbocycles. The van der Waals surface area contributed by atoms with Crippen molar-refractivity contribution in [2.24, 2.45) is 0 Å². The summed E-state index contributed by atoms with van der Waals surface area (Å²) in [5, 5.41) is 11.5. The third-order valence-electron chi connectivity index (χ3n) is 7.85. The molecule has 1 unspecified atom stereocenters. The second-order valence-corrected chi connectivity index (χ2v) is 12.8. The van der Waals surface area contributed by atoms with E-state index in [1.54, 1.807) is 54.7 Å². The molecule has 0 N–H and O–H groups in total. The minimum absolute atomic E-state index is 0.0121. The van der Waals surface area contributed by atoms with E-state index < -0.39 is 0 Å². The molecule has 11 heteroatoms. The van der Waals surface area contributed by atoms with E-state index in [0.29, 0.717) is 61.9 Å². The monoisotopic (exact) mass is 683 g/mol. The van der Waals surface area contributed by atoms with Crippen LogP contribution in [0.5, 0.6) is 0 Å². The Balaban J connectivity index is 1.46. The largest absolute Gasteiger partial charge is 0.377 e. The van der Waals surface area contributed by atoms with Crippen LogP contribution in [0.1, 0.15) is 24.5 Å². The molecule has 0 radical (unpaired) electrons. The summed E-state index contributed by atoms with van der Waals surface area (Å²) in [5.41, 5.74) is 4.23. The highest BCUT2D eigenvalue weighted by Gasteiger charge is 2.27. The van der Waals surface area contributed by atoms with Crippen LogP contribution in [0.2, 0.25) is 10.0 Å². The molecule has 3 heterocycles. The molecule has 236 valence electrons. The van der Waals surface area contributed by atoms with Gasteiger partial charge in [0.25, 0.3) is 0 Å². The van der Waals surface area contributed by atoms with Gasteiger partial charge in [-0.3, -0.25) is 9.69 Å². The van der Waals surface area contributed by atoms with E-state index in [1.165, 1.54) is 30.4 Å². The number of aromatic nitrogens is 3. The number of nitriles is 1. The van der Waals surface area contributed by atoms with Crippen LogP contribution in [0.15, 0.2) is 97.0 Å². The number of halogens is 3. The lowest BCUT2D eigenvalue weighted by Gasteiger charge is -2.23. The lowest BCUT2D eigenvalue weighted by atomic mass is 9.98. The van der Waals surface area contributed by atoms with Crippen LogP contribution in [0.4, 0.5) is 10.2 Å². The van der Waals surface area contributed by atoms with Crippen molar-refractivity contribution in [1.82, 2.24) is 14.5 Å². The Morgan fingerprint density at radius 1 is 1.13 bits per heavy atom. The maximum Gasteiger partial charge on any atom is 0.225 e. The zero-order chi connectivity index (χ0) is 33.1. The standard InChI is InChI=1S/C36H28Cl2FN5O2S/c1-22(45)44(21-24-5-10-28(46-2)11-6-24)32-17-25(13-14-41-32)34-30(19-40)33(29-12-7-26(37)18-31(29)38)35(47-34)36-42-15-16-43(36)20-23-3-8-27(39)9-4-23/h3-10,12-18,28H,11,20-21H2,1-2H3. The highest BCUT2D eigenvalue weighted by Crippen LogP contribution is 2.49. The predicted octanol–water partition coefficient (Wildman–Crippen LogP) is 8.96. The molecule has 1 aliphatic carbocycles. The molecule has 5 aromatic rings. The zero-order valence-electron chi connectivity index (χ0n) is 25.5. The molecule has 1 aliphatic rings. The number of carbonyl (C=O) groups excluding carboxylic acids is 1. The maximum atomic E-state index is 13.6. The smallest absolute Gasteiger partial charge is 0.225 e. The SMILES string of the molecule is COC1C=CC(CN(C(C)=O)c2cc(-c3sc(-c4nccn4Cc4ccc(F)cc4)c(-c4ccc(Cl)cc4Cl)c3C#N)ccn2)=CC1. The van der Waals surface area contributed by atoms with Gasteiger partial charge in [-0.25, -0.2) is 14.4 Å². The van der Waals surface area contributed by atoms with Crippen molar-refractivity contribution in [3.8, 4) is 38.3 Å². The Morgan fingerprint density at radius 3 is 2.62 bits per heavy atom. The van der Waals surface area contributed by atoms with Crippen LogP contribution in [0.3, 0.4) is 0 Å². The number of rotatable bonds is 9. The van der Waals surface area contributed by atoms with E-state index in [4.69, 9.17) is 32.9 Å². The molecule has 2 aromatic carbocycles. The van der Waals surface area contributed by atoms with Crippen molar-refractivity contribution in [2.75, 3.05) is 18.6 Å². The van der Waals surface area contributed by atoms with Crippen molar-refractivity contribution in [1.29, 1.82) is 5.26 Å². The Labute approximate surface area is 285 Å². The number of nitrogens with zero attached hydrogens (tertiary/aromatic N) is 5. The molecule has 0 spiro atoms. The van der Waals surface area contributed by atoms with E-state index in [-0.39, 0.29) is 17.8 Å². The van der Waals surface area contributed by atoms with Gasteiger partial charge in [-0.05, 0) is 59.5 Å². The average Bonchev–Trinajstić information content (AvgIpc) is 3.69. The molecule has 6 rings (SSSR count). The van der Waals surface area contributed by atoms with Crippen molar-refractivity contribution < 1.29 is 13.9 Å². The second kappa shape index (κ2) is 14.0. The van der Waals surface area contributed by atoms with E-state index >= 15 is 0 Å². The Kier molecular flexibility index (Phi) is 9.66. The number of hydrogen-bond acceptors (Lipinski definition) is 6. The van der Waals surface area contributed by atoms with Crippen molar-refractivity contribution in [2.45, 2.75) is 26.0 Å². The lowest BCUT2D eigenvalue weighted by Crippen LogP contribution is -2.31. The van der Waals surface area contributed by atoms with Gasteiger partial charge < -0.3 is 9.30 Å². The fraction of sp³-hybridized carbons (Fsp3) is 0.167. The highest BCUT2D eigenvalue weighted by atomic mass is 35.5. The number of hydrogen-bond donors (Lipinski definition) is 0. The van der Waals surface area contributed by atoms with Gasteiger partial charge in [0.2, 0.25) is 5.91 Å². The number of thiophene rings is 1. The Morgan fingerprint density at radius 2 is 1.94 bits per heavy atom. The van der Waals surface area contributed by atoms with Gasteiger partial charge in [-0.1, -0.05) is 59.6 Å². The van der Waals surface area contributed by atoms with E-state index in [9.17, 15) is 14.4 Å². The molecule has 0 fully saturated rings. The summed E-state index contributed by atoms with van der Waals surface area (Å²) in [5.74, 6) is 0.600. The summed E-state index contributed by atoms with van der Waals surface area (Å²) in [7, 11) is 1.67. The third kappa shape index (κ3) is 6.92. The fourth-order valence-corrected chi connectivity index (χ4v) is 7.24. The Bertz CT molecular complexity index is 2060. The Hall–Kier alpha value is -4.59. The number of amides is 1. The topological polar surface area (TPSA) is 84.0 Å². The second-order valence-electron chi connectivity index (χ2n) is 10.9. The van der Waals surface area contributed by atoms with E-state index in [2.05, 4.69) is 17.1 Å². The minimum atomic E-state index is -0.312. The van der Waals surface area contributed by atoms with Gasteiger partial charge >= 0.3 is 0 Å². The van der Waals surface area contributed by atoms with Crippen LogP contribution in [-0.2, 0) is 16.1 Å². The van der Waals surface area contributed by atoms with E-state index in [0.717, 1.165) is 22.4 Å². The van der Waals surface area contributed by atoms with Gasteiger partial charge in [-0.2, -0.15) is 5.26 Å².